The Morgan fingerprint density at radius 3 is 1.39 bits per heavy atom. The summed E-state index contributed by atoms with van der Waals surface area (Å²) >= 11 is 0. The van der Waals surface area contributed by atoms with Crippen LogP contribution in [0.5, 0.6) is 11.5 Å². The van der Waals surface area contributed by atoms with Gasteiger partial charge in [0.2, 0.25) is 0 Å². The molecule has 4 bridgehead atoms. The molecule has 22 nitrogen and oxygen atoms in total. The molecule has 85 heavy (non-hydrogen) atoms. The number of ketones is 2. The van der Waals surface area contributed by atoms with E-state index in [9.17, 15) is 47.1 Å². The van der Waals surface area contributed by atoms with Crippen molar-refractivity contribution < 1.29 is 56.6 Å². The van der Waals surface area contributed by atoms with Crippen molar-refractivity contribution in [1.29, 1.82) is 0 Å². The van der Waals surface area contributed by atoms with E-state index in [1.807, 2.05) is 20.8 Å². The molecule has 2 aliphatic heterocycles. The first-order valence-electron chi connectivity index (χ1n) is 29.0. The van der Waals surface area contributed by atoms with Gasteiger partial charge in [0.15, 0.2) is 36.1 Å². The number of hydrogen-bond donors (Lipinski definition) is 4. The third-order valence-electron chi connectivity index (χ3n) is 18.9. The van der Waals surface area contributed by atoms with E-state index in [0.717, 1.165) is 110 Å². The van der Waals surface area contributed by atoms with E-state index in [4.69, 9.17) is 9.47 Å². The Morgan fingerprint density at radius 1 is 0.565 bits per heavy atom. The minimum atomic E-state index is -0.754. The molecule has 24 heteroatoms. The van der Waals surface area contributed by atoms with Gasteiger partial charge < -0.3 is 40.5 Å². The molecular formula is C61H68F2N12O10. The number of carbonyl (C=O) groups is 8. The van der Waals surface area contributed by atoms with E-state index in [-0.39, 0.29) is 111 Å². The summed E-state index contributed by atoms with van der Waals surface area (Å²) in [5.41, 5.74) is 1.41. The van der Waals surface area contributed by atoms with E-state index in [0.29, 0.717) is 42.5 Å². The molecule has 446 valence electrons. The molecule has 6 aromatic rings. The smallest absolute Gasteiger partial charge is 0.270 e. The minimum Gasteiger partial charge on any atom is -0.482 e. The molecule has 6 heterocycles. The van der Waals surface area contributed by atoms with E-state index >= 15 is 0 Å². The largest absolute Gasteiger partial charge is 0.482 e. The molecule has 0 saturated heterocycles. The average Bonchev–Trinajstić information content (AvgIpc) is 2.27. The van der Waals surface area contributed by atoms with Gasteiger partial charge in [-0.25, -0.2) is 27.8 Å². The zero-order valence-electron chi connectivity index (χ0n) is 48.2. The Kier molecular flexibility index (Phi) is 15.5. The van der Waals surface area contributed by atoms with Gasteiger partial charge in [-0.05, 0) is 158 Å². The molecule has 6 amide bonds. The Balaban J connectivity index is 0.000000177. The highest BCUT2D eigenvalue weighted by molar-refractivity contribution is 6.01. The molecule has 8 aliphatic rings. The highest BCUT2D eigenvalue weighted by atomic mass is 19.1. The van der Waals surface area contributed by atoms with Crippen LogP contribution >= 0.6 is 0 Å². The van der Waals surface area contributed by atoms with Gasteiger partial charge >= 0.3 is 0 Å². The molecule has 6 saturated carbocycles. The second-order valence-electron chi connectivity index (χ2n) is 24.1. The third kappa shape index (κ3) is 11.1. The standard InChI is InChI=1S/C31H35FN6O5.C30H33FN6O5/c1-18(2)37-23-12-20(4-5-25(23)43-16-26(37)40)14-33-28(41)22-13-24(38-27(36-22)21(32)15-35-38)29(42)34-17-30-6-9-31(10-7-30,11-8-30)19(3)39;1-3-36-22-12-19(4-5-24(22)42-16-25(36)39)14-32-27(40)21-13-23(37-26(35-21)20(31)15-34-37)28(41)33-17-29-6-9-30(10-7-29,11-8-29)18(2)38/h4-5,12-13,15,18H,6-11,14,16-17H2,1-3H3,(H,33,41)(H,34,42);4-5,12-13,15H,3,6-11,14,16-17H2,1-2H3,(H,32,40)(H,33,41). The van der Waals surface area contributed by atoms with Crippen LogP contribution < -0.4 is 40.5 Å². The summed E-state index contributed by atoms with van der Waals surface area (Å²) in [6.07, 6.45) is 12.1. The first-order chi connectivity index (χ1) is 40.6. The lowest BCUT2D eigenvalue weighted by Gasteiger charge is -2.52. The van der Waals surface area contributed by atoms with Gasteiger partial charge in [0.25, 0.3) is 35.4 Å². The van der Waals surface area contributed by atoms with Crippen molar-refractivity contribution in [2.24, 2.45) is 21.7 Å². The molecule has 4 aromatic heterocycles. The zero-order chi connectivity index (χ0) is 60.2. The number of aromatic nitrogens is 6. The molecule has 2 aromatic carbocycles. The normalized spacial score (nSPS) is 22.9. The van der Waals surface area contributed by atoms with Crippen LogP contribution in [0, 0.1) is 33.3 Å². The molecule has 6 fully saturated rings. The molecule has 0 radical (unpaired) electrons. The van der Waals surface area contributed by atoms with Crippen LogP contribution in [-0.4, -0.2) is 115 Å². The van der Waals surface area contributed by atoms with E-state index < -0.39 is 35.3 Å². The third-order valence-corrected chi connectivity index (χ3v) is 18.9. The fourth-order valence-electron chi connectivity index (χ4n) is 13.4. The Morgan fingerprint density at radius 2 is 0.976 bits per heavy atom. The van der Waals surface area contributed by atoms with Crippen molar-refractivity contribution in [3.8, 4) is 11.5 Å². The predicted molar refractivity (Wildman–Crippen MR) is 304 cm³/mol. The summed E-state index contributed by atoms with van der Waals surface area (Å²) < 4.78 is 42.4. The summed E-state index contributed by atoms with van der Waals surface area (Å²) in [4.78, 5) is 114. The van der Waals surface area contributed by atoms with Gasteiger partial charge in [0.1, 0.15) is 45.8 Å². The van der Waals surface area contributed by atoms with Crippen molar-refractivity contribution >= 4 is 69.7 Å². The zero-order valence-corrected chi connectivity index (χ0v) is 48.2. The van der Waals surface area contributed by atoms with Crippen LogP contribution in [0.15, 0.2) is 60.9 Å². The maximum absolute atomic E-state index is 14.6. The van der Waals surface area contributed by atoms with Crippen LogP contribution in [0.4, 0.5) is 20.2 Å². The number of hydrogen-bond acceptors (Lipinski definition) is 14. The summed E-state index contributed by atoms with van der Waals surface area (Å²) in [7, 11) is 0. The van der Waals surface area contributed by atoms with Gasteiger partial charge in [-0.3, -0.25) is 38.4 Å². The summed E-state index contributed by atoms with van der Waals surface area (Å²) in [6.45, 7) is 10.5. The number of nitrogens with zero attached hydrogens (tertiary/aromatic N) is 8. The highest BCUT2D eigenvalue weighted by Gasteiger charge is 2.52. The van der Waals surface area contributed by atoms with E-state index in [1.54, 1.807) is 60.0 Å². The number of carbonyl (C=O) groups excluding carboxylic acids is 8. The lowest BCUT2D eigenvalue weighted by molar-refractivity contribution is -0.136. The number of amides is 6. The quantitative estimate of drug-likeness (QED) is 0.0777. The van der Waals surface area contributed by atoms with Crippen LogP contribution in [-0.2, 0) is 32.3 Å². The SMILES string of the molecule is CC(=O)C12CCC(CNC(=O)c3cc(C(=O)NCc4ccc5c(c4)N(C(C)C)C(=O)CO5)nc4c(F)cnn34)(CC1)CC2.CCN1C(=O)COc2ccc(CNC(=O)c3cc(C(=O)NCC45CCC(C(C)=O)(CC4)CC5)n4ncc(F)c4n3)cc21. The maximum Gasteiger partial charge on any atom is 0.270 e. The van der Waals surface area contributed by atoms with E-state index in [1.165, 1.54) is 12.1 Å². The Hall–Kier alpha value is -8.70. The molecular weight excluding hydrogens is 1100 g/mol. The van der Waals surface area contributed by atoms with E-state index in [2.05, 4.69) is 41.4 Å². The van der Waals surface area contributed by atoms with Gasteiger partial charge in [-0.15, -0.1) is 0 Å². The molecule has 0 atom stereocenters. The highest BCUT2D eigenvalue weighted by Crippen LogP contribution is 2.58. The molecule has 6 aliphatic carbocycles. The van der Waals surface area contributed by atoms with Crippen molar-refractivity contribution in [3.63, 3.8) is 0 Å². The topological polar surface area (TPSA) is 270 Å². The number of Topliss-reactive ketones (excluding diaryl/α,β-unsaturated/α-hetero) is 2. The monoisotopic (exact) mass is 1170 g/mol. The number of rotatable bonds is 16. The van der Waals surface area contributed by atoms with Crippen LogP contribution in [0.1, 0.15) is 165 Å². The number of halogens is 2. The molecule has 4 N–H and O–H groups in total. The summed E-state index contributed by atoms with van der Waals surface area (Å²) in [5, 5.41) is 19.5. The molecule has 0 spiro atoms. The van der Waals surface area contributed by atoms with Crippen molar-refractivity contribution in [1.82, 2.24) is 50.5 Å². The number of likely N-dealkylation sites (N-methyl/N-ethyl adjacent to an activating group) is 1. The fourth-order valence-corrected chi connectivity index (χ4v) is 13.4. The first kappa shape index (κ1) is 58.1. The number of ether oxygens (including phenoxy) is 2. The lowest BCUT2D eigenvalue weighted by atomic mass is 9.52. The number of benzene rings is 2. The summed E-state index contributed by atoms with van der Waals surface area (Å²) in [6, 6.07) is 13.2. The predicted octanol–water partition coefficient (Wildman–Crippen LogP) is 6.79. The molecule has 14 rings (SSSR count). The van der Waals surface area contributed by atoms with Gasteiger partial charge in [-0.2, -0.15) is 10.2 Å². The van der Waals surface area contributed by atoms with Crippen molar-refractivity contribution in [2.45, 2.75) is 131 Å². The average molecular weight is 1170 g/mol. The minimum absolute atomic E-state index is 0.00168. The van der Waals surface area contributed by atoms with Gasteiger partial charge in [-0.1, -0.05) is 12.1 Å². The van der Waals surface area contributed by atoms with Crippen LogP contribution in [0.2, 0.25) is 0 Å². The van der Waals surface area contributed by atoms with Crippen LogP contribution in [0.25, 0.3) is 11.3 Å². The lowest BCUT2D eigenvalue weighted by Crippen LogP contribution is -2.49. The summed E-state index contributed by atoms with van der Waals surface area (Å²) in [5.74, 6) is -2.28. The second-order valence-corrected chi connectivity index (χ2v) is 24.1. The van der Waals surface area contributed by atoms with Gasteiger partial charge in [0.05, 0.1) is 23.8 Å². The second kappa shape index (κ2) is 22.7. The van der Waals surface area contributed by atoms with Crippen LogP contribution in [0.3, 0.4) is 0 Å². The Labute approximate surface area is 488 Å². The Bertz CT molecular complexity index is 3700. The van der Waals surface area contributed by atoms with Crippen molar-refractivity contribution in [2.75, 3.05) is 42.6 Å². The molecule has 0 unspecified atom stereocenters. The van der Waals surface area contributed by atoms with Crippen molar-refractivity contribution in [3.05, 3.63) is 106 Å². The number of nitrogens with one attached hydrogen (secondary N) is 4. The number of fused-ring (bicyclic) bond motifs is 10. The number of anilines is 2. The maximum atomic E-state index is 14.6. The van der Waals surface area contributed by atoms with Gasteiger partial charge in [0, 0.05) is 61.7 Å². The fraction of sp³-hybridized carbons (Fsp3) is 0.475. The first-order valence-corrected chi connectivity index (χ1v) is 29.0.